The first-order valence-corrected chi connectivity index (χ1v) is 14.7. The maximum Gasteiger partial charge on any atom is 0.257 e. The first-order valence-electron chi connectivity index (χ1n) is 14.7. The highest BCUT2D eigenvalue weighted by molar-refractivity contribution is 6.00. The molecule has 3 aromatic rings. The Balaban J connectivity index is 1.27. The van der Waals surface area contributed by atoms with Crippen molar-refractivity contribution in [1.29, 1.82) is 0 Å². The van der Waals surface area contributed by atoms with Crippen LogP contribution in [0.15, 0.2) is 67.1 Å². The number of hydrogen-bond donors (Lipinski definition) is 1. The van der Waals surface area contributed by atoms with Crippen LogP contribution in [0.4, 0.5) is 5.82 Å². The Bertz CT molecular complexity index is 1760. The Hall–Kier alpha value is -4.77. The van der Waals surface area contributed by atoms with E-state index in [4.69, 9.17) is 14.7 Å². The minimum Gasteiger partial charge on any atom is -0.379 e. The number of benzene rings is 1. The van der Waals surface area contributed by atoms with Gasteiger partial charge in [0.25, 0.3) is 5.91 Å². The number of anilines is 1. The summed E-state index contributed by atoms with van der Waals surface area (Å²) in [5, 5.41) is 7.72. The van der Waals surface area contributed by atoms with Crippen molar-refractivity contribution >= 4 is 23.3 Å². The summed E-state index contributed by atoms with van der Waals surface area (Å²) in [6.07, 6.45) is 8.13. The van der Waals surface area contributed by atoms with Gasteiger partial charge in [0.05, 0.1) is 24.0 Å². The molecule has 0 bridgehead atoms. The molecule has 1 saturated carbocycles. The zero-order valence-corrected chi connectivity index (χ0v) is 24.3. The third-order valence-electron chi connectivity index (χ3n) is 8.62. The van der Waals surface area contributed by atoms with Gasteiger partial charge in [0, 0.05) is 63.4 Å². The molecular formula is C32H34N8O3. The molecule has 1 saturated heterocycles. The van der Waals surface area contributed by atoms with Gasteiger partial charge in [0.15, 0.2) is 5.65 Å². The smallest absolute Gasteiger partial charge is 0.257 e. The van der Waals surface area contributed by atoms with E-state index in [-0.39, 0.29) is 30.5 Å². The molecule has 1 unspecified atom stereocenters. The summed E-state index contributed by atoms with van der Waals surface area (Å²) in [4.78, 5) is 39.9. The van der Waals surface area contributed by atoms with Gasteiger partial charge >= 0.3 is 0 Å². The zero-order chi connectivity index (χ0) is 29.5. The normalized spacial score (nSPS) is 18.0. The van der Waals surface area contributed by atoms with Gasteiger partial charge in [-0.25, -0.2) is 9.97 Å². The zero-order valence-electron chi connectivity index (χ0n) is 24.3. The van der Waals surface area contributed by atoms with E-state index in [0.29, 0.717) is 29.3 Å². The summed E-state index contributed by atoms with van der Waals surface area (Å²) >= 11 is 0. The molecule has 0 spiro atoms. The Morgan fingerprint density at radius 3 is 2.63 bits per heavy atom. The van der Waals surface area contributed by atoms with Crippen LogP contribution in [0.5, 0.6) is 0 Å². The number of rotatable bonds is 9. The predicted molar refractivity (Wildman–Crippen MR) is 162 cm³/mol. The number of carbonyl (C=O) groups excluding carboxylic acids is 2. The highest BCUT2D eigenvalue weighted by Gasteiger charge is 2.33. The molecule has 4 aliphatic rings. The summed E-state index contributed by atoms with van der Waals surface area (Å²) in [5.74, 6) is 1.37. The van der Waals surface area contributed by atoms with E-state index in [1.165, 1.54) is 0 Å². The molecule has 2 fully saturated rings. The van der Waals surface area contributed by atoms with Gasteiger partial charge in [-0.15, -0.1) is 0 Å². The molecule has 2 aromatic heterocycles. The van der Waals surface area contributed by atoms with Crippen molar-refractivity contribution in [2.24, 2.45) is 0 Å². The van der Waals surface area contributed by atoms with Gasteiger partial charge in [-0.2, -0.15) is 9.61 Å². The van der Waals surface area contributed by atoms with Crippen molar-refractivity contribution in [3.8, 4) is 22.6 Å². The molecule has 1 N–H and O–H groups in total. The number of fused-ring (bicyclic) bond motifs is 2. The molecule has 2 atom stereocenters. The number of aromatic nitrogens is 5. The van der Waals surface area contributed by atoms with Crippen LogP contribution < -0.4 is 10.2 Å². The number of amides is 2. The molecule has 220 valence electrons. The summed E-state index contributed by atoms with van der Waals surface area (Å²) in [6, 6.07) is 16.1. The van der Waals surface area contributed by atoms with Gasteiger partial charge in [-0.3, -0.25) is 9.59 Å². The Labute approximate surface area is 249 Å². The standard InChI is InChI=1S/C32H34N8O3/c1-37(19-21-8-4-3-5-9-21)28-16-26(35-31-24(18-34-40(28)31)32(42)36-25-11-12-27(25)43-2)23-17-33-30-22(23)10-6-13-39(30)20-29(41)38-14-7-15-38/h3-6,8-10,13,16-18,25,27H,7,11-12,14-15,19-20H2,1-2H3,(H,36,42)/t25?,27-/m0/s1. The van der Waals surface area contributed by atoms with Crippen LogP contribution in [0.2, 0.25) is 0 Å². The van der Waals surface area contributed by atoms with Gasteiger partial charge in [0.1, 0.15) is 23.8 Å². The van der Waals surface area contributed by atoms with E-state index in [1.807, 2.05) is 59.1 Å². The number of hydrogen-bond acceptors (Lipinski definition) is 7. The number of ether oxygens (including phenoxy) is 1. The topological polar surface area (TPSA) is 110 Å². The van der Waals surface area contributed by atoms with Gasteiger partial charge < -0.3 is 24.4 Å². The number of carbonyl (C=O) groups is 2. The van der Waals surface area contributed by atoms with Crippen molar-refractivity contribution < 1.29 is 14.3 Å². The van der Waals surface area contributed by atoms with Crippen LogP contribution >= 0.6 is 0 Å². The molecule has 0 radical (unpaired) electrons. The maximum absolute atomic E-state index is 13.5. The number of nitrogens with one attached hydrogen (secondary N) is 1. The quantitative estimate of drug-likeness (QED) is 0.285. The van der Waals surface area contributed by atoms with Crippen LogP contribution in [0.3, 0.4) is 0 Å². The van der Waals surface area contributed by atoms with Crippen molar-refractivity contribution in [3.63, 3.8) is 0 Å². The van der Waals surface area contributed by atoms with Crippen LogP contribution in [-0.2, 0) is 22.6 Å². The lowest BCUT2D eigenvalue weighted by Gasteiger charge is -2.35. The fraction of sp³-hybridized carbons (Fsp3) is 0.344. The van der Waals surface area contributed by atoms with E-state index >= 15 is 0 Å². The molecule has 1 aliphatic carbocycles. The van der Waals surface area contributed by atoms with Crippen LogP contribution in [0, 0.1) is 0 Å². The summed E-state index contributed by atoms with van der Waals surface area (Å²) in [7, 11) is 3.67. The summed E-state index contributed by atoms with van der Waals surface area (Å²) < 4.78 is 9.10. The molecule has 11 nitrogen and oxygen atoms in total. The second kappa shape index (κ2) is 11.1. The third kappa shape index (κ3) is 4.99. The molecule has 5 heterocycles. The number of pyridine rings is 1. The number of likely N-dealkylation sites (tertiary alicyclic amines) is 1. The first kappa shape index (κ1) is 27.1. The Kier molecular flexibility index (Phi) is 7.02. The largest absolute Gasteiger partial charge is 0.379 e. The lowest BCUT2D eigenvalue weighted by Crippen LogP contribution is -2.51. The van der Waals surface area contributed by atoms with E-state index in [9.17, 15) is 9.59 Å². The molecule has 11 heteroatoms. The van der Waals surface area contributed by atoms with Crippen molar-refractivity contribution in [2.75, 3.05) is 32.1 Å². The average Bonchev–Trinajstić information content (AvgIpc) is 3.60. The lowest BCUT2D eigenvalue weighted by molar-refractivity contribution is -0.135. The SMILES string of the molecule is CO[C@H]1CCC1NC(=O)c1cnn2c(N(C)Cc3ccccc3)cc(-c3cnc4n(CC(=O)N5CCC5)cccc3-4)nc12. The van der Waals surface area contributed by atoms with E-state index in [2.05, 4.69) is 27.4 Å². The second-order valence-electron chi connectivity index (χ2n) is 11.3. The number of nitrogens with zero attached hydrogens (tertiary/aromatic N) is 7. The van der Waals surface area contributed by atoms with E-state index < -0.39 is 0 Å². The second-order valence-corrected chi connectivity index (χ2v) is 11.3. The van der Waals surface area contributed by atoms with E-state index in [0.717, 1.165) is 54.9 Å². The highest BCUT2D eigenvalue weighted by Crippen LogP contribution is 2.35. The summed E-state index contributed by atoms with van der Waals surface area (Å²) in [6.45, 7) is 2.50. The molecule has 7 rings (SSSR count). The Morgan fingerprint density at radius 1 is 1.07 bits per heavy atom. The minimum absolute atomic E-state index is 0.0169. The first-order chi connectivity index (χ1) is 21.0. The minimum atomic E-state index is -0.226. The average molecular weight is 579 g/mol. The van der Waals surface area contributed by atoms with Crippen molar-refractivity contribution in [2.45, 2.75) is 44.5 Å². The van der Waals surface area contributed by atoms with Gasteiger partial charge in [-0.1, -0.05) is 30.3 Å². The fourth-order valence-corrected chi connectivity index (χ4v) is 5.85. The third-order valence-corrected chi connectivity index (χ3v) is 8.62. The molecule has 3 aliphatic heterocycles. The molecule has 2 amide bonds. The van der Waals surface area contributed by atoms with E-state index in [1.54, 1.807) is 24.0 Å². The van der Waals surface area contributed by atoms with Gasteiger partial charge in [-0.05, 0) is 37.0 Å². The molecular weight excluding hydrogens is 544 g/mol. The van der Waals surface area contributed by atoms with Gasteiger partial charge in [0.2, 0.25) is 5.91 Å². The van der Waals surface area contributed by atoms with Crippen molar-refractivity contribution in [1.82, 2.24) is 34.4 Å². The van der Waals surface area contributed by atoms with Crippen LogP contribution in [-0.4, -0.2) is 80.3 Å². The Morgan fingerprint density at radius 2 is 1.91 bits per heavy atom. The van der Waals surface area contributed by atoms with Crippen LogP contribution in [0.25, 0.3) is 28.3 Å². The molecule has 1 aromatic carbocycles. The highest BCUT2D eigenvalue weighted by atomic mass is 16.5. The maximum atomic E-state index is 13.5. The van der Waals surface area contributed by atoms with Crippen LogP contribution in [0.1, 0.15) is 35.2 Å². The predicted octanol–water partition coefficient (Wildman–Crippen LogP) is 3.47. The fourth-order valence-electron chi connectivity index (χ4n) is 5.85. The lowest BCUT2D eigenvalue weighted by atomic mass is 9.89. The van der Waals surface area contributed by atoms with Crippen molar-refractivity contribution in [3.05, 3.63) is 78.2 Å². The molecule has 43 heavy (non-hydrogen) atoms. The summed E-state index contributed by atoms with van der Waals surface area (Å²) in [5.41, 5.74) is 4.38. The monoisotopic (exact) mass is 578 g/mol. The number of methoxy groups -OCH3 is 1.